The molecular formula is C27H35N5O5S. The van der Waals surface area contributed by atoms with E-state index in [1.54, 1.807) is 24.5 Å². The quantitative estimate of drug-likeness (QED) is 0.381. The number of anilines is 2. The first-order chi connectivity index (χ1) is 17.7. The van der Waals surface area contributed by atoms with Gasteiger partial charge in [-0.2, -0.15) is 0 Å². The summed E-state index contributed by atoms with van der Waals surface area (Å²) in [6.07, 6.45) is 5.23. The molecule has 0 unspecified atom stereocenters. The summed E-state index contributed by atoms with van der Waals surface area (Å²) in [6, 6.07) is 5.31. The summed E-state index contributed by atoms with van der Waals surface area (Å²) >= 11 is 0. The Labute approximate surface area is 223 Å². The van der Waals surface area contributed by atoms with Crippen molar-refractivity contribution in [1.29, 1.82) is 0 Å². The number of cyclic esters (lactones) is 1. The number of hydrogen-bond donors (Lipinski definition) is 2. The lowest BCUT2D eigenvalue weighted by molar-refractivity contribution is 0.0366. The highest BCUT2D eigenvalue weighted by molar-refractivity contribution is 7.90. The van der Waals surface area contributed by atoms with Crippen LogP contribution in [-0.2, 0) is 25.5 Å². The Morgan fingerprint density at radius 1 is 1.21 bits per heavy atom. The van der Waals surface area contributed by atoms with E-state index in [1.165, 1.54) is 6.26 Å². The number of fused-ring (bicyclic) bond motifs is 2. The third kappa shape index (κ3) is 5.88. The van der Waals surface area contributed by atoms with Crippen LogP contribution < -0.4 is 15.8 Å². The first kappa shape index (κ1) is 27.7. The predicted molar refractivity (Wildman–Crippen MR) is 147 cm³/mol. The van der Waals surface area contributed by atoms with Crippen LogP contribution in [0.5, 0.6) is 5.88 Å². The van der Waals surface area contributed by atoms with Crippen LogP contribution in [-0.4, -0.2) is 54.1 Å². The molecule has 10 nitrogen and oxygen atoms in total. The Hall–Kier alpha value is -3.31. The molecule has 3 N–H and O–H groups in total. The number of nitrogens with two attached hydrogens (primary N) is 1. The molecule has 0 aromatic carbocycles. The highest BCUT2D eigenvalue weighted by Crippen LogP contribution is 2.35. The molecule has 2 atom stereocenters. The van der Waals surface area contributed by atoms with Crippen LogP contribution in [0.4, 0.5) is 11.6 Å². The van der Waals surface area contributed by atoms with E-state index in [-0.39, 0.29) is 24.4 Å². The Bertz CT molecular complexity index is 1490. The van der Waals surface area contributed by atoms with Gasteiger partial charge < -0.3 is 20.5 Å². The molecule has 0 saturated heterocycles. The van der Waals surface area contributed by atoms with Crippen molar-refractivity contribution in [2.75, 3.05) is 23.9 Å². The van der Waals surface area contributed by atoms with Crippen molar-refractivity contribution in [1.82, 2.24) is 15.0 Å². The summed E-state index contributed by atoms with van der Waals surface area (Å²) in [6.45, 7) is 9.99. The van der Waals surface area contributed by atoms with Crippen LogP contribution in [0.2, 0.25) is 0 Å². The fourth-order valence-electron chi connectivity index (χ4n) is 4.28. The molecule has 0 fully saturated rings. The molecule has 3 aromatic rings. The van der Waals surface area contributed by atoms with Gasteiger partial charge in [0.2, 0.25) is 5.88 Å². The third-order valence-electron chi connectivity index (χ3n) is 6.87. The van der Waals surface area contributed by atoms with E-state index >= 15 is 0 Å². The number of ether oxygens (including phenoxy) is 2. The van der Waals surface area contributed by atoms with Gasteiger partial charge in [-0.25, -0.2) is 28.2 Å². The molecule has 1 aliphatic heterocycles. The molecule has 0 amide bonds. The second kappa shape index (κ2) is 10.1. The topological polar surface area (TPSA) is 146 Å². The van der Waals surface area contributed by atoms with Crippen molar-refractivity contribution in [3.8, 4) is 5.88 Å². The van der Waals surface area contributed by atoms with Gasteiger partial charge in [0.05, 0.1) is 28.5 Å². The maximum absolute atomic E-state index is 12.2. The summed E-state index contributed by atoms with van der Waals surface area (Å²) < 4.78 is 34.5. The maximum atomic E-state index is 12.2. The lowest BCUT2D eigenvalue weighted by Crippen LogP contribution is -2.35. The predicted octanol–water partition coefficient (Wildman–Crippen LogP) is 4.00. The van der Waals surface area contributed by atoms with Crippen LogP contribution in [0.15, 0.2) is 30.6 Å². The Balaban J connectivity index is 1.71. The van der Waals surface area contributed by atoms with Gasteiger partial charge in [-0.1, -0.05) is 20.8 Å². The minimum Gasteiger partial charge on any atom is -0.474 e. The van der Waals surface area contributed by atoms with Crippen molar-refractivity contribution < 1.29 is 22.7 Å². The molecule has 0 aliphatic carbocycles. The van der Waals surface area contributed by atoms with Gasteiger partial charge in [0.1, 0.15) is 28.1 Å². The smallest absolute Gasteiger partial charge is 0.340 e. The molecule has 4 heterocycles. The maximum Gasteiger partial charge on any atom is 0.340 e. The molecule has 3 aromatic heterocycles. The largest absolute Gasteiger partial charge is 0.474 e. The molecule has 4 rings (SSSR count). The first-order valence-electron chi connectivity index (χ1n) is 12.6. The van der Waals surface area contributed by atoms with Crippen LogP contribution in [0.25, 0.3) is 10.8 Å². The Kier molecular flexibility index (Phi) is 7.37. The van der Waals surface area contributed by atoms with E-state index in [4.69, 9.17) is 20.2 Å². The number of carbonyl (C=O) groups excluding carboxylic acids is 1. The van der Waals surface area contributed by atoms with Gasteiger partial charge in [-0.3, -0.25) is 0 Å². The monoisotopic (exact) mass is 541 g/mol. The Morgan fingerprint density at radius 3 is 2.63 bits per heavy atom. The van der Waals surface area contributed by atoms with Gasteiger partial charge in [-0.05, 0) is 55.8 Å². The number of carbonyl (C=O) groups is 1. The molecular weight excluding hydrogens is 506 g/mol. The minimum absolute atomic E-state index is 0.0233. The van der Waals surface area contributed by atoms with E-state index in [2.05, 4.69) is 15.3 Å². The van der Waals surface area contributed by atoms with Crippen molar-refractivity contribution in [3.63, 3.8) is 0 Å². The van der Waals surface area contributed by atoms with Crippen molar-refractivity contribution in [2.24, 2.45) is 5.73 Å². The number of nitrogens with zero attached hydrogens (tertiary/aromatic N) is 3. The number of hydrogen-bond acceptors (Lipinski definition) is 10. The number of nitrogens with one attached hydrogen (secondary N) is 1. The highest BCUT2D eigenvalue weighted by Gasteiger charge is 2.35. The van der Waals surface area contributed by atoms with Crippen molar-refractivity contribution in [2.45, 2.75) is 64.5 Å². The Morgan fingerprint density at radius 2 is 1.95 bits per heavy atom. The van der Waals surface area contributed by atoms with Gasteiger partial charge >= 0.3 is 5.97 Å². The lowest BCUT2D eigenvalue weighted by atomic mass is 9.85. The normalized spacial score (nSPS) is 17.3. The number of rotatable bonds is 9. The zero-order valence-electron chi connectivity index (χ0n) is 22.7. The third-order valence-corrected chi connectivity index (χ3v) is 7.85. The molecule has 204 valence electrons. The lowest BCUT2D eigenvalue weighted by Gasteiger charge is -2.30. The van der Waals surface area contributed by atoms with E-state index in [9.17, 15) is 13.2 Å². The molecule has 0 radical (unpaired) electrons. The molecule has 11 heteroatoms. The number of aromatic nitrogens is 3. The SMILES string of the molecule is CC[C@@](C)(N)c1cnc(O[C@H](C)CCS(C)(=O)=O)c2cnc(Nc3ccc4c(n3)C(C)(C)COC4=O)cc12. The van der Waals surface area contributed by atoms with Gasteiger partial charge in [0, 0.05) is 29.6 Å². The van der Waals surface area contributed by atoms with Gasteiger partial charge in [-0.15, -0.1) is 0 Å². The molecule has 1 aliphatic rings. The zero-order valence-corrected chi connectivity index (χ0v) is 23.5. The highest BCUT2D eigenvalue weighted by atomic mass is 32.2. The van der Waals surface area contributed by atoms with Crippen LogP contribution in [0, 0.1) is 0 Å². The fourth-order valence-corrected chi connectivity index (χ4v) is 5.04. The summed E-state index contributed by atoms with van der Waals surface area (Å²) in [5.41, 5.74) is 7.52. The second-order valence-corrected chi connectivity index (χ2v) is 13.1. The molecule has 38 heavy (non-hydrogen) atoms. The molecule has 0 spiro atoms. The number of pyridine rings is 3. The van der Waals surface area contributed by atoms with Gasteiger partial charge in [0.15, 0.2) is 0 Å². The minimum atomic E-state index is -3.10. The van der Waals surface area contributed by atoms with Crippen molar-refractivity contribution in [3.05, 3.63) is 47.4 Å². The number of esters is 1. The van der Waals surface area contributed by atoms with E-state index in [0.717, 1.165) is 10.9 Å². The van der Waals surface area contributed by atoms with Crippen molar-refractivity contribution >= 4 is 38.2 Å². The van der Waals surface area contributed by atoms with E-state index in [0.29, 0.717) is 47.0 Å². The van der Waals surface area contributed by atoms with E-state index < -0.39 is 20.8 Å². The van der Waals surface area contributed by atoms with Gasteiger partial charge in [0.25, 0.3) is 0 Å². The summed E-state index contributed by atoms with van der Waals surface area (Å²) in [4.78, 5) is 26.0. The molecule has 0 bridgehead atoms. The second-order valence-electron chi connectivity index (χ2n) is 10.9. The number of sulfone groups is 1. The first-order valence-corrected chi connectivity index (χ1v) is 14.6. The molecule has 0 saturated carbocycles. The van der Waals surface area contributed by atoms with Crippen LogP contribution in [0.1, 0.15) is 69.1 Å². The summed E-state index contributed by atoms with van der Waals surface area (Å²) in [5, 5.41) is 4.74. The average Bonchev–Trinajstić information content (AvgIpc) is 2.85. The average molecular weight is 542 g/mol. The zero-order chi connectivity index (χ0) is 27.9. The van der Waals surface area contributed by atoms with Crippen LogP contribution >= 0.6 is 0 Å². The van der Waals surface area contributed by atoms with Crippen LogP contribution in [0.3, 0.4) is 0 Å². The van der Waals surface area contributed by atoms with E-state index in [1.807, 2.05) is 40.7 Å². The fraction of sp³-hybridized carbons (Fsp3) is 0.481. The summed E-state index contributed by atoms with van der Waals surface area (Å²) in [5.74, 6) is 1.10. The summed E-state index contributed by atoms with van der Waals surface area (Å²) in [7, 11) is -3.10. The standard InChI is InChI=1S/C27H35N5O5S/c1-7-27(5,28)20-14-30-24(37-16(2)10-11-38(6,34)35)19-13-29-22(12-18(19)20)31-21-9-8-17-23(32-21)26(3,4)15-36-25(17)33/h8-9,12-14,16H,7,10-11,15,28H2,1-6H3,(H,29,31,32)/t16-,27-/m1/s1.